The highest BCUT2D eigenvalue weighted by Gasteiger charge is 2.52. The number of aliphatic hydroxyl groups excluding tert-OH is 1. The number of carbonyl (C=O) groups is 4. The Morgan fingerprint density at radius 3 is 2.30 bits per heavy atom. The number of hydrogen-bond acceptors (Lipinski definition) is 6. The first-order valence-electron chi connectivity index (χ1n) is 9.30. The van der Waals surface area contributed by atoms with E-state index in [9.17, 15) is 24.3 Å². The van der Waals surface area contributed by atoms with Gasteiger partial charge in [-0.1, -0.05) is 67.6 Å². The summed E-state index contributed by atoms with van der Waals surface area (Å²) in [5.41, 5.74) is 1.74. The number of hydrogen-bond donors (Lipinski definition) is 3. The summed E-state index contributed by atoms with van der Waals surface area (Å²) in [5, 5.41) is 13.1. The molecule has 0 unspecified atom stereocenters. The van der Waals surface area contributed by atoms with Gasteiger partial charge in [0.2, 0.25) is 0 Å². The summed E-state index contributed by atoms with van der Waals surface area (Å²) in [6.07, 6.45) is -1.28. The fourth-order valence-corrected chi connectivity index (χ4v) is 3.18. The van der Waals surface area contributed by atoms with Crippen molar-refractivity contribution in [2.24, 2.45) is 0 Å². The van der Waals surface area contributed by atoms with Gasteiger partial charge in [0.1, 0.15) is 5.54 Å². The Bertz CT molecular complexity index is 950. The number of nitrogens with zero attached hydrogens (tertiary/aromatic N) is 1. The van der Waals surface area contributed by atoms with E-state index in [4.69, 9.17) is 4.74 Å². The van der Waals surface area contributed by atoms with Crippen molar-refractivity contribution in [1.29, 1.82) is 0 Å². The van der Waals surface area contributed by atoms with Gasteiger partial charge in [0.25, 0.3) is 11.8 Å². The van der Waals surface area contributed by atoms with E-state index in [1.165, 1.54) is 12.1 Å². The Hall–Kier alpha value is -3.72. The minimum Gasteiger partial charge on any atom is -0.453 e. The predicted octanol–water partition coefficient (Wildman–Crippen LogP) is 1.15. The standard InChI is InChI=1S/C21H21N3O6/c1-2-21(15-11-7-4-8-12-15)19(28)24(20(29)22-21)23-16(25)13-30-18(27)17(26)14-9-5-3-6-10-14/h3-12,17,26H,2,13H2,1H3,(H,22,29)(H,23,25)/t17-,21+/m1/s1. The Morgan fingerprint density at radius 2 is 1.70 bits per heavy atom. The molecule has 0 aromatic heterocycles. The van der Waals surface area contributed by atoms with E-state index in [1.807, 2.05) is 0 Å². The molecule has 156 valence electrons. The van der Waals surface area contributed by atoms with Crippen LogP contribution in [0.15, 0.2) is 60.7 Å². The topological polar surface area (TPSA) is 125 Å². The van der Waals surface area contributed by atoms with Crippen molar-refractivity contribution in [3.63, 3.8) is 0 Å². The van der Waals surface area contributed by atoms with Gasteiger partial charge in [-0.05, 0) is 17.5 Å². The molecule has 0 spiro atoms. The van der Waals surface area contributed by atoms with E-state index in [0.29, 0.717) is 16.1 Å². The number of esters is 1. The van der Waals surface area contributed by atoms with Crippen LogP contribution in [0.4, 0.5) is 4.79 Å². The number of nitrogens with one attached hydrogen (secondary N) is 2. The normalized spacial score (nSPS) is 19.2. The summed E-state index contributed by atoms with van der Waals surface area (Å²) in [4.78, 5) is 49.3. The van der Waals surface area contributed by atoms with Gasteiger partial charge in [0, 0.05) is 0 Å². The molecule has 1 heterocycles. The zero-order valence-electron chi connectivity index (χ0n) is 16.2. The number of rotatable bonds is 7. The molecule has 30 heavy (non-hydrogen) atoms. The van der Waals surface area contributed by atoms with Crippen molar-refractivity contribution < 1.29 is 29.0 Å². The van der Waals surface area contributed by atoms with Gasteiger partial charge in [-0.15, -0.1) is 0 Å². The summed E-state index contributed by atoms with van der Waals surface area (Å²) in [5.74, 6) is -2.57. The first-order valence-corrected chi connectivity index (χ1v) is 9.30. The van der Waals surface area contributed by atoms with E-state index < -0.39 is 42.1 Å². The second-order valence-corrected chi connectivity index (χ2v) is 6.65. The van der Waals surface area contributed by atoms with Crippen LogP contribution in [0, 0.1) is 0 Å². The summed E-state index contributed by atoms with van der Waals surface area (Å²) in [6, 6.07) is 16.0. The van der Waals surface area contributed by atoms with Gasteiger partial charge < -0.3 is 15.2 Å². The molecule has 1 fully saturated rings. The molecular formula is C21H21N3O6. The molecule has 1 aliphatic rings. The zero-order valence-corrected chi connectivity index (χ0v) is 16.2. The van der Waals surface area contributed by atoms with Gasteiger partial charge in [-0.2, -0.15) is 5.01 Å². The predicted molar refractivity (Wildman–Crippen MR) is 104 cm³/mol. The van der Waals surface area contributed by atoms with Crippen molar-refractivity contribution in [3.8, 4) is 0 Å². The first-order chi connectivity index (χ1) is 14.4. The molecule has 0 radical (unpaired) electrons. The molecule has 2 aromatic rings. The number of aliphatic hydroxyl groups is 1. The quantitative estimate of drug-likeness (QED) is 0.464. The van der Waals surface area contributed by atoms with E-state index in [2.05, 4.69) is 10.7 Å². The maximum absolute atomic E-state index is 12.9. The minimum atomic E-state index is -1.55. The van der Waals surface area contributed by atoms with E-state index in [0.717, 1.165) is 0 Å². The third kappa shape index (κ3) is 4.01. The molecule has 2 aromatic carbocycles. The van der Waals surface area contributed by atoms with Crippen molar-refractivity contribution in [1.82, 2.24) is 15.8 Å². The third-order valence-corrected chi connectivity index (χ3v) is 4.81. The smallest absolute Gasteiger partial charge is 0.344 e. The number of benzene rings is 2. The van der Waals surface area contributed by atoms with Crippen LogP contribution in [0.5, 0.6) is 0 Å². The molecule has 1 aliphatic heterocycles. The Morgan fingerprint density at radius 1 is 1.10 bits per heavy atom. The lowest BCUT2D eigenvalue weighted by molar-refractivity contribution is -0.158. The van der Waals surface area contributed by atoms with Crippen LogP contribution in [-0.2, 0) is 24.7 Å². The van der Waals surface area contributed by atoms with E-state index in [1.54, 1.807) is 55.5 Å². The van der Waals surface area contributed by atoms with Crippen molar-refractivity contribution >= 4 is 23.8 Å². The van der Waals surface area contributed by atoms with Crippen LogP contribution >= 0.6 is 0 Å². The molecule has 0 aliphatic carbocycles. The lowest BCUT2D eigenvalue weighted by Gasteiger charge is -2.25. The molecule has 1 saturated heterocycles. The second-order valence-electron chi connectivity index (χ2n) is 6.65. The molecule has 4 amide bonds. The highest BCUT2D eigenvalue weighted by molar-refractivity contribution is 6.08. The van der Waals surface area contributed by atoms with Gasteiger partial charge in [0.15, 0.2) is 12.7 Å². The number of hydrazine groups is 1. The SMILES string of the molecule is CC[C@@]1(c2ccccc2)NC(=O)N(NC(=O)COC(=O)[C@H](O)c2ccccc2)C1=O. The summed E-state index contributed by atoms with van der Waals surface area (Å²) >= 11 is 0. The molecular weight excluding hydrogens is 390 g/mol. The Balaban J connectivity index is 1.62. The second kappa shape index (κ2) is 8.75. The number of ether oxygens (including phenoxy) is 1. The maximum atomic E-state index is 12.9. The lowest BCUT2D eigenvalue weighted by atomic mass is 9.87. The van der Waals surface area contributed by atoms with Gasteiger partial charge in [0.05, 0.1) is 0 Å². The lowest BCUT2D eigenvalue weighted by Crippen LogP contribution is -2.49. The van der Waals surface area contributed by atoms with Crippen LogP contribution in [0.3, 0.4) is 0 Å². The minimum absolute atomic E-state index is 0.270. The van der Waals surface area contributed by atoms with Crippen LogP contribution < -0.4 is 10.7 Å². The maximum Gasteiger partial charge on any atom is 0.344 e. The zero-order chi connectivity index (χ0) is 21.7. The van der Waals surface area contributed by atoms with Crippen LogP contribution in [0.25, 0.3) is 0 Å². The van der Waals surface area contributed by atoms with Crippen LogP contribution in [0.2, 0.25) is 0 Å². The molecule has 0 saturated carbocycles. The van der Waals surface area contributed by atoms with Crippen LogP contribution in [0.1, 0.15) is 30.6 Å². The molecule has 0 bridgehead atoms. The highest BCUT2D eigenvalue weighted by Crippen LogP contribution is 2.31. The van der Waals surface area contributed by atoms with E-state index in [-0.39, 0.29) is 6.42 Å². The van der Waals surface area contributed by atoms with Gasteiger partial charge >= 0.3 is 12.0 Å². The third-order valence-electron chi connectivity index (χ3n) is 4.81. The fourth-order valence-electron chi connectivity index (χ4n) is 3.18. The van der Waals surface area contributed by atoms with Crippen molar-refractivity contribution in [3.05, 3.63) is 71.8 Å². The summed E-state index contributed by atoms with van der Waals surface area (Å²) in [7, 11) is 0. The number of urea groups is 1. The van der Waals surface area contributed by atoms with Gasteiger partial charge in [-0.3, -0.25) is 15.0 Å². The molecule has 3 rings (SSSR count). The number of imide groups is 1. The Labute approximate surface area is 172 Å². The largest absolute Gasteiger partial charge is 0.453 e. The van der Waals surface area contributed by atoms with Crippen LogP contribution in [-0.4, -0.2) is 40.5 Å². The first kappa shape index (κ1) is 21.0. The average Bonchev–Trinajstić information content (AvgIpc) is 3.03. The summed E-state index contributed by atoms with van der Waals surface area (Å²) < 4.78 is 4.79. The molecule has 9 heteroatoms. The average molecular weight is 411 g/mol. The van der Waals surface area contributed by atoms with Crippen molar-refractivity contribution in [2.45, 2.75) is 25.0 Å². The highest BCUT2D eigenvalue weighted by atomic mass is 16.5. The molecule has 9 nitrogen and oxygen atoms in total. The molecule has 2 atom stereocenters. The Kier molecular flexibility index (Phi) is 6.12. The monoisotopic (exact) mass is 411 g/mol. The van der Waals surface area contributed by atoms with Gasteiger partial charge in [-0.25, -0.2) is 9.59 Å². The summed E-state index contributed by atoms with van der Waals surface area (Å²) in [6.45, 7) is 0.966. The van der Waals surface area contributed by atoms with E-state index >= 15 is 0 Å². The number of amides is 4. The number of carbonyl (C=O) groups excluding carboxylic acids is 4. The fraction of sp³-hybridized carbons (Fsp3) is 0.238. The molecule has 3 N–H and O–H groups in total. The van der Waals surface area contributed by atoms with Crippen molar-refractivity contribution in [2.75, 3.05) is 6.61 Å².